The van der Waals surface area contributed by atoms with E-state index < -0.39 is 34.9 Å². The predicted octanol–water partition coefficient (Wildman–Crippen LogP) is 3.33. The summed E-state index contributed by atoms with van der Waals surface area (Å²) in [6.45, 7) is 4.47. The zero-order chi connectivity index (χ0) is 24.3. The molecule has 0 saturated carbocycles. The van der Waals surface area contributed by atoms with E-state index in [9.17, 15) is 24.5 Å². The number of amides is 1. The lowest BCUT2D eigenvalue weighted by Crippen LogP contribution is -2.27. The van der Waals surface area contributed by atoms with Gasteiger partial charge in [-0.2, -0.15) is 0 Å². The molecular weight excluding hydrogens is 434 g/mol. The van der Waals surface area contributed by atoms with Gasteiger partial charge in [-0.15, -0.1) is 0 Å². The number of hydrogen-bond donors (Lipinski definition) is 2. The average molecular weight is 453 g/mol. The molecule has 0 radical (unpaired) electrons. The first kappa shape index (κ1) is 23.1. The van der Waals surface area contributed by atoms with Gasteiger partial charge in [0.25, 0.3) is 5.69 Å². The normalized spacial score (nSPS) is 10.9. The van der Waals surface area contributed by atoms with Gasteiger partial charge in [0.1, 0.15) is 12.1 Å². The number of benzene rings is 2. The van der Waals surface area contributed by atoms with E-state index in [1.54, 1.807) is 45.0 Å². The second kappa shape index (κ2) is 8.88. The van der Waals surface area contributed by atoms with E-state index in [0.717, 1.165) is 16.7 Å². The number of nitrogens with one attached hydrogen (secondary N) is 1. The standard InChI is InChI=1S/C22H19N3O8/c1-22(2,3)33-20(28)23-15-6-4-5-13(9-15)7-8-14-10-16(25(30)31)11-17-19(14)32-21(29)24(17)12-18(26)27/h4-6,9-11H,12H2,1-3H3,(H,23,28)(H,26,27). The molecule has 1 amide bonds. The van der Waals surface area contributed by atoms with E-state index >= 15 is 0 Å². The summed E-state index contributed by atoms with van der Waals surface area (Å²) in [6.07, 6.45) is -0.644. The Morgan fingerprint density at radius 3 is 2.61 bits per heavy atom. The van der Waals surface area contributed by atoms with Gasteiger partial charge in [0.15, 0.2) is 5.58 Å². The zero-order valence-electron chi connectivity index (χ0n) is 17.9. The highest BCUT2D eigenvalue weighted by Crippen LogP contribution is 2.25. The molecule has 0 fully saturated rings. The fourth-order valence-electron chi connectivity index (χ4n) is 2.87. The molecule has 3 rings (SSSR count). The van der Waals surface area contributed by atoms with Crippen LogP contribution in [0, 0.1) is 22.0 Å². The second-order valence-electron chi connectivity index (χ2n) is 7.90. The lowest BCUT2D eigenvalue weighted by atomic mass is 10.1. The lowest BCUT2D eigenvalue weighted by Gasteiger charge is -2.19. The fraction of sp³-hybridized carbons (Fsp3) is 0.227. The number of carbonyl (C=O) groups is 2. The molecule has 0 bridgehead atoms. The minimum absolute atomic E-state index is 0.0333. The number of non-ortho nitro benzene ring substituents is 1. The average Bonchev–Trinajstić information content (AvgIpc) is 2.99. The highest BCUT2D eigenvalue weighted by atomic mass is 16.6. The van der Waals surface area contributed by atoms with Gasteiger partial charge in [-0.3, -0.25) is 24.8 Å². The maximum Gasteiger partial charge on any atom is 0.420 e. The number of hydrogen-bond acceptors (Lipinski definition) is 7. The number of carbonyl (C=O) groups excluding carboxylic acids is 1. The molecule has 0 aliphatic heterocycles. The van der Waals surface area contributed by atoms with Crippen LogP contribution in [0.2, 0.25) is 0 Å². The summed E-state index contributed by atoms with van der Waals surface area (Å²) in [4.78, 5) is 45.8. The smallest absolute Gasteiger partial charge is 0.420 e. The van der Waals surface area contributed by atoms with Crippen molar-refractivity contribution in [3.8, 4) is 11.8 Å². The van der Waals surface area contributed by atoms with Crippen molar-refractivity contribution in [1.82, 2.24) is 4.57 Å². The molecular formula is C22H19N3O8. The molecule has 3 aromatic rings. The van der Waals surface area contributed by atoms with Gasteiger partial charge in [-0.05, 0) is 39.0 Å². The number of fused-ring (bicyclic) bond motifs is 1. The number of carboxylic acids is 1. The second-order valence-corrected chi connectivity index (χ2v) is 7.90. The minimum Gasteiger partial charge on any atom is -0.480 e. The van der Waals surface area contributed by atoms with Gasteiger partial charge >= 0.3 is 17.8 Å². The van der Waals surface area contributed by atoms with Crippen LogP contribution in [0.5, 0.6) is 0 Å². The van der Waals surface area contributed by atoms with Crippen LogP contribution in [0.15, 0.2) is 45.6 Å². The van der Waals surface area contributed by atoms with Crippen LogP contribution in [0.3, 0.4) is 0 Å². The third-order valence-corrected chi connectivity index (χ3v) is 4.11. The van der Waals surface area contributed by atoms with Gasteiger partial charge in [0.2, 0.25) is 0 Å². The Kier molecular flexibility index (Phi) is 6.21. The van der Waals surface area contributed by atoms with Crippen molar-refractivity contribution in [2.45, 2.75) is 32.9 Å². The molecule has 1 heterocycles. The number of oxazole rings is 1. The first-order valence-corrected chi connectivity index (χ1v) is 9.58. The Labute approximate surface area is 186 Å². The SMILES string of the molecule is CC(C)(C)OC(=O)Nc1cccc(C#Cc2cc([N+](=O)[O-])cc3c2oc(=O)n3CC(=O)O)c1. The summed E-state index contributed by atoms with van der Waals surface area (Å²) in [5.74, 6) is 3.23. The van der Waals surface area contributed by atoms with Crippen molar-refractivity contribution >= 4 is 34.5 Å². The number of anilines is 1. The lowest BCUT2D eigenvalue weighted by molar-refractivity contribution is -0.384. The van der Waals surface area contributed by atoms with Crippen molar-refractivity contribution in [2.24, 2.45) is 0 Å². The van der Waals surface area contributed by atoms with Crippen LogP contribution < -0.4 is 11.1 Å². The number of aliphatic carboxylic acids is 1. The Hall–Kier alpha value is -4.59. The van der Waals surface area contributed by atoms with Crippen LogP contribution in [0.1, 0.15) is 31.9 Å². The third kappa shape index (κ3) is 5.76. The van der Waals surface area contributed by atoms with E-state index in [0.29, 0.717) is 11.3 Å². The Morgan fingerprint density at radius 1 is 1.24 bits per heavy atom. The Bertz CT molecular complexity index is 1380. The Morgan fingerprint density at radius 2 is 1.97 bits per heavy atom. The number of carboxylic acid groups (broad SMARTS) is 1. The fourth-order valence-corrected chi connectivity index (χ4v) is 2.87. The van der Waals surface area contributed by atoms with Crippen LogP contribution in [0.4, 0.5) is 16.2 Å². The maximum atomic E-state index is 12.1. The molecule has 11 heteroatoms. The van der Waals surface area contributed by atoms with Crippen molar-refractivity contribution in [3.05, 3.63) is 68.2 Å². The molecule has 170 valence electrons. The maximum absolute atomic E-state index is 12.1. The van der Waals surface area contributed by atoms with E-state index in [1.807, 2.05) is 0 Å². The van der Waals surface area contributed by atoms with Gasteiger partial charge in [0.05, 0.1) is 16.0 Å². The molecule has 33 heavy (non-hydrogen) atoms. The number of ether oxygens (including phenoxy) is 1. The number of aromatic nitrogens is 1. The largest absolute Gasteiger partial charge is 0.480 e. The molecule has 1 aromatic heterocycles. The number of rotatable bonds is 4. The van der Waals surface area contributed by atoms with Crippen molar-refractivity contribution in [1.29, 1.82) is 0 Å². The van der Waals surface area contributed by atoms with E-state index in [-0.39, 0.29) is 22.4 Å². The first-order chi connectivity index (χ1) is 15.4. The summed E-state index contributed by atoms with van der Waals surface area (Å²) >= 11 is 0. The van der Waals surface area contributed by atoms with Crippen LogP contribution in [-0.2, 0) is 16.1 Å². The quantitative estimate of drug-likeness (QED) is 0.346. The predicted molar refractivity (Wildman–Crippen MR) is 117 cm³/mol. The summed E-state index contributed by atoms with van der Waals surface area (Å²) in [5.41, 5.74) is -0.271. The minimum atomic E-state index is -1.31. The van der Waals surface area contributed by atoms with Crippen molar-refractivity contribution in [2.75, 3.05) is 5.32 Å². The zero-order valence-corrected chi connectivity index (χ0v) is 17.9. The van der Waals surface area contributed by atoms with Gasteiger partial charge in [0, 0.05) is 23.4 Å². The van der Waals surface area contributed by atoms with Crippen LogP contribution in [0.25, 0.3) is 11.1 Å². The first-order valence-electron chi connectivity index (χ1n) is 9.58. The molecule has 0 saturated heterocycles. The van der Waals surface area contributed by atoms with Gasteiger partial charge in [-0.25, -0.2) is 9.59 Å². The molecule has 2 aromatic carbocycles. The molecule has 11 nitrogen and oxygen atoms in total. The van der Waals surface area contributed by atoms with Gasteiger partial charge in [-0.1, -0.05) is 17.9 Å². The highest BCUT2D eigenvalue weighted by Gasteiger charge is 2.20. The summed E-state index contributed by atoms with van der Waals surface area (Å²) < 4.78 is 11.1. The van der Waals surface area contributed by atoms with Gasteiger partial charge < -0.3 is 14.3 Å². The molecule has 2 N–H and O–H groups in total. The molecule has 0 aliphatic rings. The number of nitro groups is 1. The summed E-state index contributed by atoms with van der Waals surface area (Å²) in [6, 6.07) is 8.67. The molecule has 0 unspecified atom stereocenters. The van der Waals surface area contributed by atoms with Crippen LogP contribution in [-0.4, -0.2) is 32.3 Å². The van der Waals surface area contributed by atoms with E-state index in [2.05, 4.69) is 17.2 Å². The van der Waals surface area contributed by atoms with Crippen LogP contribution >= 0.6 is 0 Å². The molecule has 0 aliphatic carbocycles. The van der Waals surface area contributed by atoms with Crippen molar-refractivity contribution in [3.63, 3.8) is 0 Å². The number of nitro benzene ring substituents is 1. The van der Waals surface area contributed by atoms with E-state index in [1.165, 1.54) is 0 Å². The monoisotopic (exact) mass is 453 g/mol. The molecule has 0 atom stereocenters. The third-order valence-electron chi connectivity index (χ3n) is 4.11. The Balaban J connectivity index is 2.00. The van der Waals surface area contributed by atoms with Crippen molar-refractivity contribution < 1.29 is 28.8 Å². The highest BCUT2D eigenvalue weighted by molar-refractivity contribution is 5.86. The van der Waals surface area contributed by atoms with E-state index in [4.69, 9.17) is 14.3 Å². The summed E-state index contributed by atoms with van der Waals surface area (Å²) in [7, 11) is 0. The summed E-state index contributed by atoms with van der Waals surface area (Å²) in [5, 5.41) is 22.9. The topological polar surface area (TPSA) is 154 Å². The molecule has 0 spiro atoms. The number of nitrogens with zero attached hydrogens (tertiary/aromatic N) is 2.